The molecule has 1 amide bonds. The van der Waals surface area contributed by atoms with Crippen molar-refractivity contribution in [3.05, 3.63) is 59.7 Å². The minimum Gasteiger partial charge on any atom is -0.491 e. The van der Waals surface area contributed by atoms with Gasteiger partial charge in [0.2, 0.25) is 0 Å². The van der Waals surface area contributed by atoms with Crippen molar-refractivity contribution in [2.75, 3.05) is 0 Å². The van der Waals surface area contributed by atoms with Crippen LogP contribution < -0.4 is 14.8 Å². The molecule has 0 bridgehead atoms. The molecule has 1 atom stereocenters. The van der Waals surface area contributed by atoms with Gasteiger partial charge in [0.05, 0.1) is 6.10 Å². The lowest BCUT2D eigenvalue weighted by Gasteiger charge is -2.15. The Labute approximate surface area is 143 Å². The molecule has 1 unspecified atom stereocenters. The van der Waals surface area contributed by atoms with Gasteiger partial charge in [-0.15, -0.1) is 0 Å². The Hall–Kier alpha value is -2.49. The molecule has 128 valence electrons. The quantitative estimate of drug-likeness (QED) is 0.840. The number of ether oxygens (including phenoxy) is 2. The predicted octanol–water partition coefficient (Wildman–Crippen LogP) is 3.87. The van der Waals surface area contributed by atoms with Gasteiger partial charge in [-0.05, 0) is 57.5 Å². The first kappa shape index (κ1) is 17.9. The Morgan fingerprint density at radius 1 is 1.00 bits per heavy atom. The molecule has 0 aliphatic heterocycles. The second-order valence-electron chi connectivity index (χ2n) is 6.10. The molecular formula is C20H25NO3. The van der Waals surface area contributed by atoms with Crippen molar-refractivity contribution in [3.8, 4) is 11.5 Å². The van der Waals surface area contributed by atoms with Gasteiger partial charge in [0.25, 0.3) is 5.91 Å². The van der Waals surface area contributed by atoms with E-state index < -0.39 is 6.10 Å². The summed E-state index contributed by atoms with van der Waals surface area (Å²) >= 11 is 0. The van der Waals surface area contributed by atoms with Crippen molar-refractivity contribution in [1.29, 1.82) is 0 Å². The molecule has 0 spiro atoms. The van der Waals surface area contributed by atoms with E-state index in [2.05, 4.69) is 5.32 Å². The van der Waals surface area contributed by atoms with Crippen LogP contribution in [0.2, 0.25) is 0 Å². The van der Waals surface area contributed by atoms with Crippen LogP contribution in [0.1, 0.15) is 31.9 Å². The van der Waals surface area contributed by atoms with Crippen molar-refractivity contribution in [3.63, 3.8) is 0 Å². The van der Waals surface area contributed by atoms with E-state index in [1.54, 1.807) is 6.92 Å². The summed E-state index contributed by atoms with van der Waals surface area (Å²) in [4.78, 5) is 12.2. The summed E-state index contributed by atoms with van der Waals surface area (Å²) in [5.41, 5.74) is 2.15. The zero-order valence-corrected chi connectivity index (χ0v) is 14.7. The van der Waals surface area contributed by atoms with Crippen LogP contribution in [0.4, 0.5) is 0 Å². The monoisotopic (exact) mass is 327 g/mol. The number of nitrogens with one attached hydrogen (secondary N) is 1. The first-order valence-electron chi connectivity index (χ1n) is 8.20. The Morgan fingerprint density at radius 3 is 2.38 bits per heavy atom. The zero-order chi connectivity index (χ0) is 17.5. The lowest BCUT2D eigenvalue weighted by molar-refractivity contribution is -0.127. The molecule has 2 aromatic carbocycles. The Bertz CT molecular complexity index is 665. The van der Waals surface area contributed by atoms with Crippen LogP contribution in [-0.2, 0) is 11.3 Å². The summed E-state index contributed by atoms with van der Waals surface area (Å²) in [7, 11) is 0. The van der Waals surface area contributed by atoms with Crippen LogP contribution in [0.5, 0.6) is 11.5 Å². The fourth-order valence-electron chi connectivity index (χ4n) is 2.21. The van der Waals surface area contributed by atoms with Crippen LogP contribution in [0.3, 0.4) is 0 Å². The van der Waals surface area contributed by atoms with E-state index in [9.17, 15) is 4.79 Å². The largest absolute Gasteiger partial charge is 0.491 e. The molecule has 0 saturated heterocycles. The van der Waals surface area contributed by atoms with Crippen LogP contribution in [0, 0.1) is 6.92 Å². The molecule has 0 aliphatic carbocycles. The van der Waals surface area contributed by atoms with Gasteiger partial charge < -0.3 is 14.8 Å². The van der Waals surface area contributed by atoms with Crippen molar-refractivity contribution in [2.24, 2.45) is 0 Å². The number of hydrogen-bond donors (Lipinski definition) is 1. The lowest BCUT2D eigenvalue weighted by atomic mass is 10.2. The lowest BCUT2D eigenvalue weighted by Crippen LogP contribution is -2.35. The van der Waals surface area contributed by atoms with E-state index in [0.29, 0.717) is 12.3 Å². The van der Waals surface area contributed by atoms with Crippen molar-refractivity contribution >= 4 is 5.91 Å². The molecule has 0 radical (unpaired) electrons. The van der Waals surface area contributed by atoms with E-state index in [-0.39, 0.29) is 12.0 Å². The van der Waals surface area contributed by atoms with Crippen molar-refractivity contribution < 1.29 is 14.3 Å². The number of amides is 1. The van der Waals surface area contributed by atoms with E-state index in [0.717, 1.165) is 16.9 Å². The Morgan fingerprint density at radius 2 is 1.71 bits per heavy atom. The average Bonchev–Trinajstić information content (AvgIpc) is 2.54. The Kier molecular flexibility index (Phi) is 6.24. The molecule has 0 fully saturated rings. The number of benzene rings is 2. The van der Waals surface area contributed by atoms with E-state index in [4.69, 9.17) is 9.47 Å². The molecule has 0 aromatic heterocycles. The molecule has 4 nitrogen and oxygen atoms in total. The highest BCUT2D eigenvalue weighted by molar-refractivity contribution is 5.80. The molecule has 1 N–H and O–H groups in total. The Balaban J connectivity index is 1.86. The fraction of sp³-hybridized carbons (Fsp3) is 0.350. The molecule has 0 aliphatic rings. The van der Waals surface area contributed by atoms with Gasteiger partial charge in [-0.3, -0.25) is 4.79 Å². The van der Waals surface area contributed by atoms with Gasteiger partial charge in [-0.25, -0.2) is 0 Å². The van der Waals surface area contributed by atoms with Gasteiger partial charge in [0.1, 0.15) is 11.5 Å². The minimum absolute atomic E-state index is 0.123. The van der Waals surface area contributed by atoms with Crippen molar-refractivity contribution in [1.82, 2.24) is 5.32 Å². The number of carbonyl (C=O) groups excluding carboxylic acids is 1. The summed E-state index contributed by atoms with van der Waals surface area (Å²) in [6, 6.07) is 15.4. The third kappa shape index (κ3) is 5.61. The highest BCUT2D eigenvalue weighted by atomic mass is 16.5. The molecule has 2 aromatic rings. The summed E-state index contributed by atoms with van der Waals surface area (Å²) in [6.07, 6.45) is -0.430. The molecule has 4 heteroatoms. The number of carbonyl (C=O) groups is 1. The number of rotatable bonds is 7. The summed E-state index contributed by atoms with van der Waals surface area (Å²) in [5.74, 6) is 1.35. The first-order chi connectivity index (χ1) is 11.4. The maximum Gasteiger partial charge on any atom is 0.261 e. The highest BCUT2D eigenvalue weighted by Gasteiger charge is 2.14. The summed E-state index contributed by atoms with van der Waals surface area (Å²) < 4.78 is 11.3. The van der Waals surface area contributed by atoms with Gasteiger partial charge in [-0.2, -0.15) is 0 Å². The summed E-state index contributed by atoms with van der Waals surface area (Å²) in [6.45, 7) is 8.16. The van der Waals surface area contributed by atoms with Gasteiger partial charge >= 0.3 is 0 Å². The van der Waals surface area contributed by atoms with E-state index in [1.165, 1.54) is 0 Å². The second-order valence-corrected chi connectivity index (χ2v) is 6.10. The third-order valence-electron chi connectivity index (χ3n) is 3.44. The van der Waals surface area contributed by atoms with Gasteiger partial charge in [-0.1, -0.05) is 29.8 Å². The first-order valence-corrected chi connectivity index (χ1v) is 8.20. The maximum atomic E-state index is 12.2. The maximum absolute atomic E-state index is 12.2. The SMILES string of the molecule is Cc1ccc(OC(C)C(=O)NCc2cccc(OC(C)C)c2)cc1. The van der Waals surface area contributed by atoms with Crippen LogP contribution in [0.15, 0.2) is 48.5 Å². The van der Waals surface area contributed by atoms with E-state index in [1.807, 2.05) is 69.3 Å². The fourth-order valence-corrected chi connectivity index (χ4v) is 2.21. The normalized spacial score (nSPS) is 11.9. The number of aryl methyl sites for hydroxylation is 1. The smallest absolute Gasteiger partial charge is 0.261 e. The molecule has 2 rings (SSSR count). The standard InChI is InChI=1S/C20H25NO3/c1-14(2)23-19-7-5-6-17(12-19)13-21-20(22)16(4)24-18-10-8-15(3)9-11-18/h5-12,14,16H,13H2,1-4H3,(H,21,22). The summed E-state index contributed by atoms with van der Waals surface area (Å²) in [5, 5.41) is 2.89. The molecule has 0 heterocycles. The average molecular weight is 327 g/mol. The zero-order valence-electron chi connectivity index (χ0n) is 14.7. The highest BCUT2D eigenvalue weighted by Crippen LogP contribution is 2.15. The second kappa shape index (κ2) is 8.39. The van der Waals surface area contributed by atoms with Crippen LogP contribution >= 0.6 is 0 Å². The van der Waals surface area contributed by atoms with Gasteiger partial charge in [0.15, 0.2) is 6.10 Å². The molecular weight excluding hydrogens is 302 g/mol. The van der Waals surface area contributed by atoms with Crippen molar-refractivity contribution in [2.45, 2.75) is 46.4 Å². The number of hydrogen-bond acceptors (Lipinski definition) is 3. The van der Waals surface area contributed by atoms with Crippen LogP contribution in [0.25, 0.3) is 0 Å². The topological polar surface area (TPSA) is 47.6 Å². The molecule has 24 heavy (non-hydrogen) atoms. The third-order valence-corrected chi connectivity index (χ3v) is 3.44. The molecule has 0 saturated carbocycles. The minimum atomic E-state index is -0.553. The predicted molar refractivity (Wildman–Crippen MR) is 95.3 cm³/mol. The van der Waals surface area contributed by atoms with Gasteiger partial charge in [0, 0.05) is 6.54 Å². The van der Waals surface area contributed by atoms with E-state index >= 15 is 0 Å². The van der Waals surface area contributed by atoms with Crippen LogP contribution in [-0.4, -0.2) is 18.1 Å².